The molecule has 1 aromatic rings. The summed E-state index contributed by atoms with van der Waals surface area (Å²) in [6, 6.07) is 8.18. The SMILES string of the molecule is CCN(CC)c1cccc(C=CC=O)c1. The number of anilines is 1. The predicted octanol–water partition coefficient (Wildman–Crippen LogP) is 2.74. The molecule has 0 amide bonds. The topological polar surface area (TPSA) is 20.3 Å². The van der Waals surface area contributed by atoms with Gasteiger partial charge in [0.1, 0.15) is 6.29 Å². The summed E-state index contributed by atoms with van der Waals surface area (Å²) in [7, 11) is 0. The Morgan fingerprint density at radius 3 is 2.60 bits per heavy atom. The van der Waals surface area contributed by atoms with Gasteiger partial charge < -0.3 is 4.90 Å². The Hall–Kier alpha value is -1.57. The molecule has 0 spiro atoms. The van der Waals surface area contributed by atoms with Crippen LogP contribution in [0, 0.1) is 0 Å². The summed E-state index contributed by atoms with van der Waals surface area (Å²) in [6.07, 6.45) is 4.13. The van der Waals surface area contributed by atoms with Gasteiger partial charge in [-0.05, 0) is 37.6 Å². The van der Waals surface area contributed by atoms with Crippen LogP contribution in [0.15, 0.2) is 30.3 Å². The average molecular weight is 203 g/mol. The van der Waals surface area contributed by atoms with Gasteiger partial charge in [0.25, 0.3) is 0 Å². The Morgan fingerprint density at radius 1 is 1.27 bits per heavy atom. The van der Waals surface area contributed by atoms with Crippen molar-refractivity contribution in [1.82, 2.24) is 0 Å². The van der Waals surface area contributed by atoms with Crippen LogP contribution in [0.5, 0.6) is 0 Å². The lowest BCUT2D eigenvalue weighted by Crippen LogP contribution is -2.21. The number of nitrogens with zero attached hydrogens (tertiary/aromatic N) is 1. The molecule has 0 atom stereocenters. The highest BCUT2D eigenvalue weighted by Crippen LogP contribution is 2.16. The molecule has 2 nitrogen and oxygen atoms in total. The van der Waals surface area contributed by atoms with Gasteiger partial charge in [0.05, 0.1) is 0 Å². The fraction of sp³-hybridized carbons (Fsp3) is 0.308. The van der Waals surface area contributed by atoms with Crippen molar-refractivity contribution < 1.29 is 4.79 Å². The van der Waals surface area contributed by atoms with Crippen molar-refractivity contribution in [2.24, 2.45) is 0 Å². The zero-order chi connectivity index (χ0) is 11.1. The fourth-order valence-electron chi connectivity index (χ4n) is 1.56. The van der Waals surface area contributed by atoms with Crippen LogP contribution < -0.4 is 4.90 Å². The van der Waals surface area contributed by atoms with Crippen LogP contribution in [0.25, 0.3) is 6.08 Å². The van der Waals surface area contributed by atoms with Crippen LogP contribution in [0.4, 0.5) is 5.69 Å². The van der Waals surface area contributed by atoms with Gasteiger partial charge in [-0.3, -0.25) is 4.79 Å². The van der Waals surface area contributed by atoms with E-state index in [1.807, 2.05) is 18.2 Å². The molecule has 0 saturated carbocycles. The molecule has 0 radical (unpaired) electrons. The third-order valence-corrected chi connectivity index (χ3v) is 2.37. The van der Waals surface area contributed by atoms with Gasteiger partial charge in [-0.2, -0.15) is 0 Å². The minimum atomic E-state index is 0.796. The molecule has 0 aliphatic rings. The number of allylic oxidation sites excluding steroid dienone is 1. The van der Waals surface area contributed by atoms with Gasteiger partial charge in [-0.15, -0.1) is 0 Å². The molecule has 0 aromatic heterocycles. The number of hydrogen-bond acceptors (Lipinski definition) is 2. The number of carbonyl (C=O) groups excluding carboxylic acids is 1. The maximum atomic E-state index is 10.2. The standard InChI is InChI=1S/C13H17NO/c1-3-14(4-2)13-9-5-7-12(11-13)8-6-10-15/h5-11H,3-4H2,1-2H3. The van der Waals surface area contributed by atoms with Crippen molar-refractivity contribution in [3.8, 4) is 0 Å². The van der Waals surface area contributed by atoms with Crippen LogP contribution >= 0.6 is 0 Å². The van der Waals surface area contributed by atoms with Crippen LogP contribution in [0.3, 0.4) is 0 Å². The summed E-state index contributed by atoms with van der Waals surface area (Å²) in [5.41, 5.74) is 2.26. The van der Waals surface area contributed by atoms with Gasteiger partial charge in [-0.1, -0.05) is 18.2 Å². The van der Waals surface area contributed by atoms with Crippen LogP contribution in [-0.4, -0.2) is 19.4 Å². The predicted molar refractivity (Wildman–Crippen MR) is 65.1 cm³/mol. The fourth-order valence-corrected chi connectivity index (χ4v) is 1.56. The van der Waals surface area contributed by atoms with Gasteiger partial charge >= 0.3 is 0 Å². The maximum Gasteiger partial charge on any atom is 0.142 e. The monoisotopic (exact) mass is 203 g/mol. The van der Waals surface area contributed by atoms with Crippen molar-refractivity contribution in [1.29, 1.82) is 0 Å². The molecule has 15 heavy (non-hydrogen) atoms. The first kappa shape index (κ1) is 11.5. The second-order valence-electron chi connectivity index (χ2n) is 3.26. The van der Waals surface area contributed by atoms with E-state index in [4.69, 9.17) is 0 Å². The van der Waals surface area contributed by atoms with Gasteiger partial charge in [0.2, 0.25) is 0 Å². The number of hydrogen-bond donors (Lipinski definition) is 0. The first-order chi connectivity index (χ1) is 7.31. The van der Waals surface area contributed by atoms with Gasteiger partial charge in [-0.25, -0.2) is 0 Å². The normalized spacial score (nSPS) is 10.5. The van der Waals surface area contributed by atoms with E-state index in [0.29, 0.717) is 0 Å². The van der Waals surface area contributed by atoms with E-state index in [2.05, 4.69) is 30.9 Å². The third kappa shape index (κ3) is 3.24. The minimum Gasteiger partial charge on any atom is -0.372 e. The molecule has 0 fully saturated rings. The number of benzene rings is 1. The van der Waals surface area contributed by atoms with Crippen molar-refractivity contribution in [2.45, 2.75) is 13.8 Å². The lowest BCUT2D eigenvalue weighted by molar-refractivity contribution is -0.104. The molecular weight excluding hydrogens is 186 g/mol. The molecular formula is C13H17NO. The average Bonchev–Trinajstić information content (AvgIpc) is 2.29. The van der Waals surface area contributed by atoms with E-state index in [1.54, 1.807) is 0 Å². The van der Waals surface area contributed by atoms with E-state index in [1.165, 1.54) is 11.8 Å². The summed E-state index contributed by atoms with van der Waals surface area (Å²) in [4.78, 5) is 12.5. The Bertz CT molecular complexity index is 340. The van der Waals surface area contributed by atoms with Gasteiger partial charge in [0, 0.05) is 18.8 Å². The molecule has 0 N–H and O–H groups in total. The molecule has 80 valence electrons. The number of aldehydes is 1. The van der Waals surface area contributed by atoms with E-state index in [-0.39, 0.29) is 0 Å². The highest BCUT2D eigenvalue weighted by atomic mass is 16.1. The number of rotatable bonds is 5. The first-order valence-corrected chi connectivity index (χ1v) is 5.28. The molecule has 0 bridgehead atoms. The van der Waals surface area contributed by atoms with E-state index >= 15 is 0 Å². The Morgan fingerprint density at radius 2 is 2.00 bits per heavy atom. The van der Waals surface area contributed by atoms with Crippen LogP contribution in [0.1, 0.15) is 19.4 Å². The van der Waals surface area contributed by atoms with Crippen molar-refractivity contribution in [3.05, 3.63) is 35.9 Å². The summed E-state index contributed by atoms with van der Waals surface area (Å²) < 4.78 is 0. The molecule has 1 rings (SSSR count). The zero-order valence-electron chi connectivity index (χ0n) is 9.31. The second-order valence-corrected chi connectivity index (χ2v) is 3.26. The molecule has 1 aromatic carbocycles. The van der Waals surface area contributed by atoms with Crippen molar-refractivity contribution in [2.75, 3.05) is 18.0 Å². The molecule has 0 unspecified atom stereocenters. The van der Waals surface area contributed by atoms with Crippen molar-refractivity contribution >= 4 is 18.0 Å². The van der Waals surface area contributed by atoms with Crippen molar-refractivity contribution in [3.63, 3.8) is 0 Å². The lowest BCUT2D eigenvalue weighted by atomic mass is 10.1. The largest absolute Gasteiger partial charge is 0.372 e. The second kappa shape index (κ2) is 6.02. The number of carbonyl (C=O) groups is 1. The Balaban J connectivity index is 2.90. The molecule has 0 heterocycles. The first-order valence-electron chi connectivity index (χ1n) is 5.28. The van der Waals surface area contributed by atoms with E-state index in [9.17, 15) is 4.79 Å². The highest BCUT2D eigenvalue weighted by molar-refractivity contribution is 5.74. The lowest BCUT2D eigenvalue weighted by Gasteiger charge is -2.21. The molecule has 0 aliphatic heterocycles. The van der Waals surface area contributed by atoms with Crippen LogP contribution in [0.2, 0.25) is 0 Å². The molecule has 2 heteroatoms. The summed E-state index contributed by atoms with van der Waals surface area (Å²) in [5.74, 6) is 0. The molecule has 0 aliphatic carbocycles. The summed E-state index contributed by atoms with van der Waals surface area (Å²) in [6.45, 7) is 6.27. The van der Waals surface area contributed by atoms with E-state index < -0.39 is 0 Å². The van der Waals surface area contributed by atoms with E-state index in [0.717, 1.165) is 24.9 Å². The Kier molecular flexibility index (Phi) is 4.61. The summed E-state index contributed by atoms with van der Waals surface area (Å²) >= 11 is 0. The summed E-state index contributed by atoms with van der Waals surface area (Å²) in [5, 5.41) is 0. The van der Waals surface area contributed by atoms with Crippen LogP contribution in [-0.2, 0) is 4.79 Å². The Labute approximate surface area is 91.2 Å². The minimum absolute atomic E-state index is 0.796. The van der Waals surface area contributed by atoms with Gasteiger partial charge in [0.15, 0.2) is 0 Å². The highest BCUT2D eigenvalue weighted by Gasteiger charge is 2.00. The third-order valence-electron chi connectivity index (χ3n) is 2.37. The quantitative estimate of drug-likeness (QED) is 0.541. The maximum absolute atomic E-state index is 10.2. The zero-order valence-corrected chi connectivity index (χ0v) is 9.31. The molecule has 0 saturated heterocycles. The smallest absolute Gasteiger partial charge is 0.142 e.